The van der Waals surface area contributed by atoms with Crippen molar-refractivity contribution in [1.29, 1.82) is 0 Å². The van der Waals surface area contributed by atoms with Crippen LogP contribution in [0, 0.1) is 0 Å². The average molecular weight is 311 g/mol. The van der Waals surface area contributed by atoms with Crippen LogP contribution < -0.4 is 10.6 Å². The molecule has 2 aliphatic rings. The van der Waals surface area contributed by atoms with Gasteiger partial charge >= 0.3 is 0 Å². The van der Waals surface area contributed by atoms with Crippen LogP contribution in [-0.2, 0) is 23.3 Å². The van der Waals surface area contributed by atoms with Gasteiger partial charge in [-0.25, -0.2) is 4.98 Å². The average Bonchev–Trinajstić information content (AvgIpc) is 3.24. The zero-order chi connectivity index (χ0) is 15.7. The van der Waals surface area contributed by atoms with Gasteiger partial charge in [-0.15, -0.1) is 0 Å². The molecule has 23 heavy (non-hydrogen) atoms. The smallest absolute Gasteiger partial charge is 0.237 e. The molecule has 1 spiro atoms. The lowest BCUT2D eigenvalue weighted by Gasteiger charge is -2.38. The van der Waals surface area contributed by atoms with Crippen molar-refractivity contribution in [2.24, 2.45) is 0 Å². The maximum Gasteiger partial charge on any atom is 0.237 e. The molecule has 6 heteroatoms. The van der Waals surface area contributed by atoms with Crippen LogP contribution in [-0.4, -0.2) is 26.9 Å². The van der Waals surface area contributed by atoms with E-state index in [4.69, 9.17) is 0 Å². The number of nitrogens with zero attached hydrogens (tertiary/aromatic N) is 2. The Bertz CT molecular complexity index is 690. The lowest BCUT2D eigenvalue weighted by molar-refractivity contribution is -0.124. The predicted octanol–water partition coefficient (Wildman–Crippen LogP) is 1.40. The van der Waals surface area contributed by atoms with Crippen molar-refractivity contribution >= 4 is 5.91 Å². The van der Waals surface area contributed by atoms with Crippen molar-refractivity contribution in [2.75, 3.05) is 0 Å². The summed E-state index contributed by atoms with van der Waals surface area (Å²) in [6.45, 7) is 0.459. The number of rotatable bonds is 3. The number of imidazole rings is 1. The van der Waals surface area contributed by atoms with Gasteiger partial charge in [0.2, 0.25) is 5.91 Å². The largest absolute Gasteiger partial charge is 0.349 e. The number of aromatic nitrogens is 3. The number of nitrogens with one attached hydrogen (secondary N) is 3. The van der Waals surface area contributed by atoms with Crippen molar-refractivity contribution in [3.05, 3.63) is 47.8 Å². The molecule has 1 aliphatic heterocycles. The second-order valence-corrected chi connectivity index (χ2v) is 6.46. The highest BCUT2D eigenvalue weighted by Gasteiger charge is 2.45. The molecule has 1 unspecified atom stereocenters. The van der Waals surface area contributed by atoms with Crippen LogP contribution in [0.15, 0.2) is 30.7 Å². The molecular weight excluding hydrogens is 290 g/mol. The molecule has 3 heterocycles. The summed E-state index contributed by atoms with van der Waals surface area (Å²) in [6, 6.07) is 5.50. The number of pyridine rings is 1. The van der Waals surface area contributed by atoms with Crippen LogP contribution in [0.5, 0.6) is 0 Å². The molecule has 0 bridgehead atoms. The van der Waals surface area contributed by atoms with Gasteiger partial charge < -0.3 is 10.3 Å². The minimum Gasteiger partial charge on any atom is -0.349 e. The Hall–Kier alpha value is -2.21. The van der Waals surface area contributed by atoms with Gasteiger partial charge in [-0.05, 0) is 25.0 Å². The fraction of sp³-hybridized carbons (Fsp3) is 0.471. The zero-order valence-corrected chi connectivity index (χ0v) is 13.0. The van der Waals surface area contributed by atoms with E-state index in [1.165, 1.54) is 12.8 Å². The quantitative estimate of drug-likeness (QED) is 0.800. The number of fused-ring (bicyclic) bond motifs is 2. The fourth-order valence-electron chi connectivity index (χ4n) is 3.87. The highest BCUT2D eigenvalue weighted by atomic mass is 16.2. The fourth-order valence-corrected chi connectivity index (χ4v) is 3.87. The molecule has 120 valence electrons. The molecule has 3 N–H and O–H groups in total. The molecule has 0 saturated heterocycles. The van der Waals surface area contributed by atoms with Gasteiger partial charge in [0.25, 0.3) is 0 Å². The third kappa shape index (κ3) is 2.63. The van der Waals surface area contributed by atoms with Crippen LogP contribution in [0.2, 0.25) is 0 Å². The zero-order valence-electron chi connectivity index (χ0n) is 13.0. The van der Waals surface area contributed by atoms with Gasteiger partial charge in [-0.2, -0.15) is 0 Å². The number of hydrogen-bond acceptors (Lipinski definition) is 4. The first-order valence-electron chi connectivity index (χ1n) is 8.25. The third-order valence-corrected chi connectivity index (χ3v) is 4.97. The van der Waals surface area contributed by atoms with Crippen LogP contribution in [0.3, 0.4) is 0 Å². The summed E-state index contributed by atoms with van der Waals surface area (Å²) >= 11 is 0. The first-order valence-corrected chi connectivity index (χ1v) is 8.25. The molecule has 2 aromatic heterocycles. The van der Waals surface area contributed by atoms with E-state index in [-0.39, 0.29) is 17.5 Å². The van der Waals surface area contributed by atoms with Crippen molar-refractivity contribution in [1.82, 2.24) is 25.6 Å². The highest BCUT2D eigenvalue weighted by Crippen LogP contribution is 2.41. The molecule has 4 rings (SSSR count). The lowest BCUT2D eigenvalue weighted by Crippen LogP contribution is -2.57. The standard InChI is InChI=1S/C17H21N5O/c23-16(19-10-12-5-1-4-8-18-12)14-9-13-15(21-11-20-13)17(22-14)6-2-3-7-17/h1,4-5,8,11,14,22H,2-3,6-7,9-10H2,(H,19,23)(H,20,21). The predicted molar refractivity (Wildman–Crippen MR) is 85.4 cm³/mol. The summed E-state index contributed by atoms with van der Waals surface area (Å²) in [7, 11) is 0. The summed E-state index contributed by atoms with van der Waals surface area (Å²) in [5.74, 6) is 0.0298. The number of carbonyl (C=O) groups is 1. The monoisotopic (exact) mass is 311 g/mol. The second kappa shape index (κ2) is 5.77. The number of hydrogen-bond donors (Lipinski definition) is 3. The number of carbonyl (C=O) groups excluding carboxylic acids is 1. The Morgan fingerprint density at radius 1 is 1.30 bits per heavy atom. The van der Waals surface area contributed by atoms with E-state index in [2.05, 4.69) is 25.6 Å². The van der Waals surface area contributed by atoms with Gasteiger partial charge in [-0.3, -0.25) is 15.1 Å². The van der Waals surface area contributed by atoms with E-state index in [0.29, 0.717) is 13.0 Å². The molecule has 1 amide bonds. The van der Waals surface area contributed by atoms with Crippen molar-refractivity contribution in [3.8, 4) is 0 Å². The molecule has 2 aromatic rings. The molecule has 6 nitrogen and oxygen atoms in total. The Balaban J connectivity index is 1.48. The van der Waals surface area contributed by atoms with Gasteiger partial charge in [0, 0.05) is 18.3 Å². The molecular formula is C17H21N5O. The van der Waals surface area contributed by atoms with E-state index < -0.39 is 0 Å². The maximum atomic E-state index is 12.6. The number of aromatic amines is 1. The van der Waals surface area contributed by atoms with Crippen molar-refractivity contribution in [2.45, 2.75) is 50.2 Å². The van der Waals surface area contributed by atoms with Gasteiger partial charge in [-0.1, -0.05) is 18.9 Å². The number of amides is 1. The molecule has 1 atom stereocenters. The first-order chi connectivity index (χ1) is 11.3. The molecule has 1 saturated carbocycles. The third-order valence-electron chi connectivity index (χ3n) is 4.97. The topological polar surface area (TPSA) is 82.7 Å². The minimum absolute atomic E-state index is 0.0298. The summed E-state index contributed by atoms with van der Waals surface area (Å²) < 4.78 is 0. The van der Waals surface area contributed by atoms with E-state index >= 15 is 0 Å². The van der Waals surface area contributed by atoms with Crippen LogP contribution in [0.1, 0.15) is 42.8 Å². The SMILES string of the molecule is O=C(NCc1ccccn1)C1Cc2[nH]cnc2C2(CCCC2)N1. The Labute approximate surface area is 135 Å². The van der Waals surface area contributed by atoms with Gasteiger partial charge in [0.1, 0.15) is 0 Å². The minimum atomic E-state index is -0.218. The van der Waals surface area contributed by atoms with E-state index in [9.17, 15) is 4.79 Å². The maximum absolute atomic E-state index is 12.6. The van der Waals surface area contributed by atoms with E-state index in [1.807, 2.05) is 18.2 Å². The van der Waals surface area contributed by atoms with E-state index in [0.717, 1.165) is 29.9 Å². The summed E-state index contributed by atoms with van der Waals surface area (Å²) in [4.78, 5) is 24.6. The molecule has 0 radical (unpaired) electrons. The Morgan fingerprint density at radius 2 is 2.17 bits per heavy atom. The summed E-state index contributed by atoms with van der Waals surface area (Å²) in [5.41, 5.74) is 2.96. The molecule has 1 fully saturated rings. The van der Waals surface area contributed by atoms with Crippen LogP contribution in [0.25, 0.3) is 0 Å². The Morgan fingerprint density at radius 3 is 2.96 bits per heavy atom. The van der Waals surface area contributed by atoms with Crippen LogP contribution in [0.4, 0.5) is 0 Å². The summed E-state index contributed by atoms with van der Waals surface area (Å²) in [6.07, 6.45) is 8.61. The lowest BCUT2D eigenvalue weighted by atomic mass is 9.85. The second-order valence-electron chi connectivity index (χ2n) is 6.46. The number of H-pyrrole nitrogens is 1. The van der Waals surface area contributed by atoms with Gasteiger partial charge in [0.15, 0.2) is 0 Å². The van der Waals surface area contributed by atoms with Gasteiger partial charge in [0.05, 0.1) is 35.8 Å². The summed E-state index contributed by atoms with van der Waals surface area (Å²) in [5, 5.41) is 6.59. The highest BCUT2D eigenvalue weighted by molar-refractivity contribution is 5.82. The van der Waals surface area contributed by atoms with Crippen LogP contribution >= 0.6 is 0 Å². The molecule has 0 aromatic carbocycles. The van der Waals surface area contributed by atoms with Crippen molar-refractivity contribution in [3.63, 3.8) is 0 Å². The Kier molecular flexibility index (Phi) is 3.61. The van der Waals surface area contributed by atoms with Crippen molar-refractivity contribution < 1.29 is 4.79 Å². The first kappa shape index (κ1) is 14.4. The van der Waals surface area contributed by atoms with E-state index in [1.54, 1.807) is 12.5 Å². The normalized spacial score (nSPS) is 22.0. The molecule has 1 aliphatic carbocycles.